The summed E-state index contributed by atoms with van der Waals surface area (Å²) in [6.45, 7) is 7.94. The Balaban J connectivity index is 2.17. The van der Waals surface area contributed by atoms with Crippen LogP contribution < -0.4 is 5.73 Å². The van der Waals surface area contributed by atoms with Crippen molar-refractivity contribution in [1.82, 2.24) is 4.90 Å². The molecule has 0 aromatic heterocycles. The fourth-order valence-corrected chi connectivity index (χ4v) is 2.04. The Bertz CT molecular complexity index is 139. The number of hydrogen-bond donors (Lipinski definition) is 1. The molecule has 1 fully saturated rings. The van der Waals surface area contributed by atoms with Gasteiger partial charge in [-0.3, -0.25) is 0 Å². The standard InChI is InChI=1S/C12H26N2/c1-3-8-14(12-5-6-12)9-7-11(4-2)10-13/h11-12H,3-10,13H2,1-2H3. The van der Waals surface area contributed by atoms with Gasteiger partial charge in [0, 0.05) is 6.04 Å². The molecule has 84 valence electrons. The molecule has 0 aliphatic heterocycles. The Morgan fingerprint density at radius 1 is 1.29 bits per heavy atom. The molecule has 0 spiro atoms. The highest BCUT2D eigenvalue weighted by Crippen LogP contribution is 2.27. The molecule has 0 radical (unpaired) electrons. The van der Waals surface area contributed by atoms with Crippen molar-refractivity contribution in [2.45, 2.75) is 52.0 Å². The number of hydrogen-bond acceptors (Lipinski definition) is 2. The molecule has 14 heavy (non-hydrogen) atoms. The van der Waals surface area contributed by atoms with Gasteiger partial charge in [0.15, 0.2) is 0 Å². The van der Waals surface area contributed by atoms with Gasteiger partial charge in [-0.1, -0.05) is 20.3 Å². The van der Waals surface area contributed by atoms with Crippen molar-refractivity contribution in [2.75, 3.05) is 19.6 Å². The van der Waals surface area contributed by atoms with Crippen LogP contribution in [0.2, 0.25) is 0 Å². The van der Waals surface area contributed by atoms with Crippen molar-refractivity contribution in [3.05, 3.63) is 0 Å². The first-order valence-corrected chi connectivity index (χ1v) is 6.25. The summed E-state index contributed by atoms with van der Waals surface area (Å²) in [6.07, 6.45) is 6.68. The molecule has 2 N–H and O–H groups in total. The maximum atomic E-state index is 5.72. The normalized spacial score (nSPS) is 18.9. The Hall–Kier alpha value is -0.0800. The summed E-state index contributed by atoms with van der Waals surface area (Å²) in [5.74, 6) is 0.744. The molecule has 2 heteroatoms. The van der Waals surface area contributed by atoms with Crippen molar-refractivity contribution in [3.8, 4) is 0 Å². The second-order valence-corrected chi connectivity index (χ2v) is 4.57. The van der Waals surface area contributed by atoms with Gasteiger partial charge in [-0.15, -0.1) is 0 Å². The van der Waals surface area contributed by atoms with E-state index in [1.54, 1.807) is 0 Å². The van der Waals surface area contributed by atoms with Crippen LogP contribution in [0.5, 0.6) is 0 Å². The molecular formula is C12H26N2. The van der Waals surface area contributed by atoms with Gasteiger partial charge in [0.1, 0.15) is 0 Å². The molecule has 2 nitrogen and oxygen atoms in total. The van der Waals surface area contributed by atoms with Crippen LogP contribution in [0.4, 0.5) is 0 Å². The molecule has 0 heterocycles. The lowest BCUT2D eigenvalue weighted by atomic mass is 10.0. The van der Waals surface area contributed by atoms with E-state index in [1.165, 1.54) is 45.2 Å². The zero-order valence-electron chi connectivity index (χ0n) is 9.84. The summed E-state index contributed by atoms with van der Waals surface area (Å²) in [5, 5.41) is 0. The number of nitrogens with zero attached hydrogens (tertiary/aromatic N) is 1. The minimum atomic E-state index is 0.744. The Morgan fingerprint density at radius 2 is 2.00 bits per heavy atom. The first kappa shape index (κ1) is 12.0. The highest BCUT2D eigenvalue weighted by molar-refractivity contribution is 4.84. The molecule has 1 aliphatic rings. The average Bonchev–Trinajstić information content (AvgIpc) is 3.01. The van der Waals surface area contributed by atoms with E-state index in [-0.39, 0.29) is 0 Å². The van der Waals surface area contributed by atoms with E-state index in [9.17, 15) is 0 Å². The second kappa shape index (κ2) is 6.41. The van der Waals surface area contributed by atoms with Gasteiger partial charge in [0.25, 0.3) is 0 Å². The quantitative estimate of drug-likeness (QED) is 0.648. The van der Waals surface area contributed by atoms with Crippen molar-refractivity contribution in [1.29, 1.82) is 0 Å². The third-order valence-electron chi connectivity index (χ3n) is 3.31. The van der Waals surface area contributed by atoms with Crippen LogP contribution in [0.15, 0.2) is 0 Å². The zero-order chi connectivity index (χ0) is 10.4. The van der Waals surface area contributed by atoms with Crippen LogP contribution in [-0.2, 0) is 0 Å². The van der Waals surface area contributed by atoms with E-state index < -0.39 is 0 Å². The van der Waals surface area contributed by atoms with Gasteiger partial charge in [-0.25, -0.2) is 0 Å². The maximum absolute atomic E-state index is 5.72. The van der Waals surface area contributed by atoms with Gasteiger partial charge in [-0.05, 0) is 51.2 Å². The summed E-state index contributed by atoms with van der Waals surface area (Å²) >= 11 is 0. The smallest absolute Gasteiger partial charge is 0.00964 e. The van der Waals surface area contributed by atoms with Crippen molar-refractivity contribution >= 4 is 0 Å². The minimum Gasteiger partial charge on any atom is -0.330 e. The molecule has 0 amide bonds. The summed E-state index contributed by atoms with van der Waals surface area (Å²) in [6, 6.07) is 0.922. The molecule has 0 aromatic rings. The van der Waals surface area contributed by atoms with Crippen LogP contribution in [0.3, 0.4) is 0 Å². The van der Waals surface area contributed by atoms with Crippen molar-refractivity contribution in [2.24, 2.45) is 11.7 Å². The Labute approximate surface area is 88.8 Å². The maximum Gasteiger partial charge on any atom is 0.00964 e. The zero-order valence-corrected chi connectivity index (χ0v) is 9.84. The summed E-state index contributed by atoms with van der Waals surface area (Å²) in [4.78, 5) is 2.66. The summed E-state index contributed by atoms with van der Waals surface area (Å²) < 4.78 is 0. The van der Waals surface area contributed by atoms with Gasteiger partial charge in [0.05, 0.1) is 0 Å². The molecule has 1 unspecified atom stereocenters. The van der Waals surface area contributed by atoms with E-state index in [0.29, 0.717) is 0 Å². The van der Waals surface area contributed by atoms with Crippen molar-refractivity contribution in [3.63, 3.8) is 0 Å². The van der Waals surface area contributed by atoms with E-state index in [4.69, 9.17) is 5.73 Å². The van der Waals surface area contributed by atoms with E-state index in [2.05, 4.69) is 18.7 Å². The fourth-order valence-electron chi connectivity index (χ4n) is 2.04. The SMILES string of the molecule is CCCN(CCC(CC)CN)C1CC1. The summed E-state index contributed by atoms with van der Waals surface area (Å²) in [5.41, 5.74) is 5.72. The molecule has 1 aliphatic carbocycles. The van der Waals surface area contributed by atoms with E-state index in [1.807, 2.05) is 0 Å². The van der Waals surface area contributed by atoms with E-state index >= 15 is 0 Å². The average molecular weight is 198 g/mol. The number of nitrogens with two attached hydrogens (primary N) is 1. The molecule has 1 atom stereocenters. The third-order valence-corrected chi connectivity index (χ3v) is 3.31. The van der Waals surface area contributed by atoms with Crippen LogP contribution >= 0.6 is 0 Å². The van der Waals surface area contributed by atoms with Crippen molar-refractivity contribution < 1.29 is 0 Å². The Morgan fingerprint density at radius 3 is 2.43 bits per heavy atom. The first-order valence-electron chi connectivity index (χ1n) is 6.25. The molecular weight excluding hydrogens is 172 g/mol. The predicted molar refractivity (Wildman–Crippen MR) is 62.3 cm³/mol. The lowest BCUT2D eigenvalue weighted by molar-refractivity contribution is 0.241. The summed E-state index contributed by atoms with van der Waals surface area (Å²) in [7, 11) is 0. The second-order valence-electron chi connectivity index (χ2n) is 4.57. The topological polar surface area (TPSA) is 29.3 Å². The largest absolute Gasteiger partial charge is 0.330 e. The first-order chi connectivity index (χ1) is 6.81. The molecule has 0 aromatic carbocycles. The molecule has 1 rings (SSSR count). The lowest BCUT2D eigenvalue weighted by Gasteiger charge is -2.23. The Kier molecular flexibility index (Phi) is 5.49. The van der Waals surface area contributed by atoms with Crippen LogP contribution in [-0.4, -0.2) is 30.6 Å². The number of rotatable bonds is 8. The van der Waals surface area contributed by atoms with Gasteiger partial charge >= 0.3 is 0 Å². The molecule has 1 saturated carbocycles. The highest BCUT2D eigenvalue weighted by atomic mass is 15.2. The van der Waals surface area contributed by atoms with Gasteiger partial charge in [-0.2, -0.15) is 0 Å². The van der Waals surface area contributed by atoms with Gasteiger partial charge in [0.2, 0.25) is 0 Å². The van der Waals surface area contributed by atoms with Crippen LogP contribution in [0, 0.1) is 5.92 Å². The van der Waals surface area contributed by atoms with Gasteiger partial charge < -0.3 is 10.6 Å². The lowest BCUT2D eigenvalue weighted by Crippen LogP contribution is -2.30. The third kappa shape index (κ3) is 3.97. The predicted octanol–water partition coefficient (Wildman–Crippen LogP) is 2.24. The fraction of sp³-hybridized carbons (Fsp3) is 1.00. The van der Waals surface area contributed by atoms with E-state index in [0.717, 1.165) is 18.5 Å². The highest BCUT2D eigenvalue weighted by Gasteiger charge is 2.28. The molecule has 0 saturated heterocycles. The van der Waals surface area contributed by atoms with Crippen LogP contribution in [0.1, 0.15) is 46.0 Å². The van der Waals surface area contributed by atoms with Crippen LogP contribution in [0.25, 0.3) is 0 Å². The monoisotopic (exact) mass is 198 g/mol. The minimum absolute atomic E-state index is 0.744. The molecule has 0 bridgehead atoms.